The first-order chi connectivity index (χ1) is 15.4. The second-order valence-corrected chi connectivity index (χ2v) is 7.65. The summed E-state index contributed by atoms with van der Waals surface area (Å²) in [5.41, 5.74) is 0.582. The number of esters is 1. The average Bonchev–Trinajstić information content (AvgIpc) is 3.64. The van der Waals surface area contributed by atoms with E-state index in [0.717, 1.165) is 12.8 Å². The fourth-order valence-corrected chi connectivity index (χ4v) is 3.32. The summed E-state index contributed by atoms with van der Waals surface area (Å²) in [4.78, 5) is 38.6. The summed E-state index contributed by atoms with van der Waals surface area (Å²) in [5.74, 6) is -0.0201. The van der Waals surface area contributed by atoms with Gasteiger partial charge in [0.15, 0.2) is 18.1 Å². The number of carbonyl (C=O) groups is 3. The van der Waals surface area contributed by atoms with Gasteiger partial charge in [0.1, 0.15) is 0 Å². The molecule has 0 spiro atoms. The average molecular weight is 461 g/mol. The van der Waals surface area contributed by atoms with E-state index in [0.29, 0.717) is 22.2 Å². The number of amides is 2. The quantitative estimate of drug-likeness (QED) is 0.545. The van der Waals surface area contributed by atoms with Crippen LogP contribution in [0.4, 0.5) is 5.69 Å². The van der Waals surface area contributed by atoms with Crippen LogP contribution in [0.3, 0.4) is 0 Å². The molecule has 0 radical (unpaired) electrons. The highest BCUT2D eigenvalue weighted by Crippen LogP contribution is 2.29. The van der Waals surface area contributed by atoms with Gasteiger partial charge in [0.2, 0.25) is 5.91 Å². The van der Waals surface area contributed by atoms with Gasteiger partial charge in [0.25, 0.3) is 5.91 Å². The van der Waals surface area contributed by atoms with Crippen LogP contribution in [0.15, 0.2) is 42.5 Å². The van der Waals surface area contributed by atoms with Crippen LogP contribution in [0, 0.1) is 0 Å². The van der Waals surface area contributed by atoms with Crippen LogP contribution in [0.25, 0.3) is 0 Å². The third kappa shape index (κ3) is 6.13. The van der Waals surface area contributed by atoms with Gasteiger partial charge in [0.05, 0.1) is 30.5 Å². The Hall–Kier alpha value is -3.26. The summed E-state index contributed by atoms with van der Waals surface area (Å²) in [5, 5.41) is 2.99. The molecule has 1 aliphatic carbocycles. The Morgan fingerprint density at radius 2 is 1.81 bits per heavy atom. The number of para-hydroxylation sites is 2. The molecule has 1 fully saturated rings. The molecule has 8 nitrogen and oxygen atoms in total. The molecule has 0 saturated heterocycles. The second-order valence-electron chi connectivity index (χ2n) is 7.24. The molecule has 1 saturated carbocycles. The first kappa shape index (κ1) is 23.4. The molecule has 9 heteroatoms. The highest BCUT2D eigenvalue weighted by Gasteiger charge is 2.33. The van der Waals surface area contributed by atoms with Crippen molar-refractivity contribution < 1.29 is 28.6 Å². The van der Waals surface area contributed by atoms with Gasteiger partial charge in [-0.3, -0.25) is 9.59 Å². The minimum atomic E-state index is -0.530. The fourth-order valence-electron chi connectivity index (χ4n) is 3.16. The minimum Gasteiger partial charge on any atom is -0.493 e. The van der Waals surface area contributed by atoms with E-state index >= 15 is 0 Å². The third-order valence-corrected chi connectivity index (χ3v) is 5.30. The van der Waals surface area contributed by atoms with Crippen LogP contribution in [0.2, 0.25) is 5.02 Å². The Bertz CT molecular complexity index is 992. The summed E-state index contributed by atoms with van der Waals surface area (Å²) >= 11 is 6.13. The zero-order valence-corrected chi connectivity index (χ0v) is 18.7. The number of rotatable bonds is 10. The summed E-state index contributed by atoms with van der Waals surface area (Å²) < 4.78 is 15.6. The summed E-state index contributed by atoms with van der Waals surface area (Å²) in [6, 6.07) is 11.7. The minimum absolute atomic E-state index is 0.0790. The topological polar surface area (TPSA) is 94.2 Å². The van der Waals surface area contributed by atoms with E-state index in [4.69, 9.17) is 21.1 Å². The van der Waals surface area contributed by atoms with Crippen molar-refractivity contribution in [1.29, 1.82) is 0 Å². The predicted molar refractivity (Wildman–Crippen MR) is 119 cm³/mol. The van der Waals surface area contributed by atoms with Gasteiger partial charge >= 0.3 is 5.97 Å². The predicted octanol–water partition coefficient (Wildman–Crippen LogP) is 3.53. The normalized spacial score (nSPS) is 12.6. The molecule has 2 amide bonds. The number of halogens is 1. The first-order valence-electron chi connectivity index (χ1n) is 10.2. The SMILES string of the molecule is COC(=O)c1ccc(Cl)c(NC(=O)CCN(C(=O)COc2ccccc2OC)C2CC2)c1. The van der Waals surface area contributed by atoms with Crippen LogP contribution in [-0.4, -0.2) is 56.1 Å². The summed E-state index contributed by atoms with van der Waals surface area (Å²) in [6.45, 7) is 0.102. The molecule has 0 aromatic heterocycles. The lowest BCUT2D eigenvalue weighted by atomic mass is 10.2. The van der Waals surface area contributed by atoms with Gasteiger partial charge in [-0.05, 0) is 43.2 Å². The van der Waals surface area contributed by atoms with Gasteiger partial charge in [-0.25, -0.2) is 4.79 Å². The lowest BCUT2D eigenvalue weighted by molar-refractivity contribution is -0.134. The van der Waals surface area contributed by atoms with Crippen molar-refractivity contribution in [2.45, 2.75) is 25.3 Å². The molecule has 3 rings (SSSR count). The summed E-state index contributed by atoms with van der Waals surface area (Å²) in [6.07, 6.45) is 1.87. The van der Waals surface area contributed by atoms with Gasteiger partial charge in [0, 0.05) is 19.0 Å². The fraction of sp³-hybridized carbons (Fsp3) is 0.348. The number of anilines is 1. The van der Waals surface area contributed by atoms with E-state index in [2.05, 4.69) is 10.1 Å². The standard InChI is InChI=1S/C23H25ClN2O6/c1-30-19-5-3-4-6-20(19)32-14-22(28)26(16-8-9-16)12-11-21(27)25-18-13-15(23(29)31-2)7-10-17(18)24/h3-7,10,13,16H,8-9,11-12,14H2,1-2H3,(H,25,27). The van der Waals surface area contributed by atoms with Gasteiger partial charge in [-0.2, -0.15) is 0 Å². The van der Waals surface area contributed by atoms with Crippen LogP contribution in [-0.2, 0) is 14.3 Å². The maximum atomic E-state index is 12.7. The van der Waals surface area contributed by atoms with Crippen molar-refractivity contribution in [3.05, 3.63) is 53.1 Å². The summed E-state index contributed by atoms with van der Waals surface area (Å²) in [7, 11) is 2.81. The Labute approximate surface area is 191 Å². The zero-order chi connectivity index (χ0) is 23.1. The van der Waals surface area contributed by atoms with E-state index in [1.54, 1.807) is 23.1 Å². The van der Waals surface area contributed by atoms with Crippen LogP contribution < -0.4 is 14.8 Å². The van der Waals surface area contributed by atoms with Crippen LogP contribution in [0.5, 0.6) is 11.5 Å². The number of nitrogens with one attached hydrogen (secondary N) is 1. The molecule has 0 aliphatic heterocycles. The van der Waals surface area contributed by atoms with Gasteiger partial charge in [-0.1, -0.05) is 23.7 Å². The number of hydrogen-bond acceptors (Lipinski definition) is 6. The maximum Gasteiger partial charge on any atom is 0.337 e. The molecule has 1 aliphatic rings. The van der Waals surface area contributed by atoms with Crippen molar-refractivity contribution in [2.75, 3.05) is 32.7 Å². The molecule has 0 bridgehead atoms. The van der Waals surface area contributed by atoms with Crippen LogP contribution in [0.1, 0.15) is 29.6 Å². The Morgan fingerprint density at radius 1 is 1.09 bits per heavy atom. The van der Waals surface area contributed by atoms with Crippen LogP contribution >= 0.6 is 11.6 Å². The first-order valence-corrected chi connectivity index (χ1v) is 10.5. The number of hydrogen-bond donors (Lipinski definition) is 1. The molecule has 2 aromatic carbocycles. The molecule has 32 heavy (non-hydrogen) atoms. The molecule has 0 heterocycles. The molecule has 170 valence electrons. The van der Waals surface area contributed by atoms with E-state index < -0.39 is 5.97 Å². The van der Waals surface area contributed by atoms with Crippen molar-refractivity contribution >= 4 is 35.1 Å². The van der Waals surface area contributed by atoms with Crippen molar-refractivity contribution in [3.63, 3.8) is 0 Å². The smallest absolute Gasteiger partial charge is 0.337 e. The Morgan fingerprint density at radius 3 is 2.47 bits per heavy atom. The number of nitrogens with zero attached hydrogens (tertiary/aromatic N) is 1. The van der Waals surface area contributed by atoms with E-state index in [9.17, 15) is 14.4 Å². The number of ether oxygens (including phenoxy) is 3. The molecule has 2 aromatic rings. The Kier molecular flexibility index (Phi) is 7.94. The van der Waals surface area contributed by atoms with Crippen molar-refractivity contribution in [2.24, 2.45) is 0 Å². The second kappa shape index (κ2) is 10.9. The molecule has 0 unspecified atom stereocenters. The van der Waals surface area contributed by atoms with Gasteiger partial charge in [-0.15, -0.1) is 0 Å². The number of carbonyl (C=O) groups excluding carboxylic acids is 3. The van der Waals surface area contributed by atoms with Gasteiger partial charge < -0.3 is 24.4 Å². The molecular formula is C23H25ClN2O6. The monoisotopic (exact) mass is 460 g/mol. The van der Waals surface area contributed by atoms with E-state index in [-0.39, 0.29) is 43.0 Å². The lowest BCUT2D eigenvalue weighted by Gasteiger charge is -2.22. The van der Waals surface area contributed by atoms with Crippen molar-refractivity contribution in [1.82, 2.24) is 4.90 Å². The lowest BCUT2D eigenvalue weighted by Crippen LogP contribution is -2.38. The molecule has 0 atom stereocenters. The molecule has 1 N–H and O–H groups in total. The largest absolute Gasteiger partial charge is 0.493 e. The third-order valence-electron chi connectivity index (χ3n) is 4.97. The Balaban J connectivity index is 1.56. The number of methoxy groups -OCH3 is 2. The highest BCUT2D eigenvalue weighted by molar-refractivity contribution is 6.33. The highest BCUT2D eigenvalue weighted by atomic mass is 35.5. The maximum absolute atomic E-state index is 12.7. The zero-order valence-electron chi connectivity index (χ0n) is 17.9. The molecular weight excluding hydrogens is 436 g/mol. The number of benzene rings is 2. The van der Waals surface area contributed by atoms with Crippen molar-refractivity contribution in [3.8, 4) is 11.5 Å². The van der Waals surface area contributed by atoms with E-state index in [1.807, 2.05) is 6.07 Å². The van der Waals surface area contributed by atoms with E-state index in [1.165, 1.54) is 32.4 Å².